The highest BCUT2D eigenvalue weighted by Crippen LogP contribution is 2.23. The Labute approximate surface area is 186 Å². The number of nitrogens with one attached hydrogen (secondary N) is 2. The number of carbonyl (C=O) groups is 3. The van der Waals surface area contributed by atoms with E-state index in [2.05, 4.69) is 22.5 Å². The zero-order valence-electron chi connectivity index (χ0n) is 17.7. The van der Waals surface area contributed by atoms with Crippen molar-refractivity contribution in [2.45, 2.75) is 31.7 Å². The molecule has 3 aliphatic heterocycles. The molecule has 1 atom stereocenters. The highest BCUT2D eigenvalue weighted by atomic mass is 32.2. The summed E-state index contributed by atoms with van der Waals surface area (Å²) in [5, 5.41) is 4.45. The Kier molecular flexibility index (Phi) is 5.79. The van der Waals surface area contributed by atoms with E-state index < -0.39 is 33.3 Å². The molecule has 1 aromatic rings. The number of benzene rings is 1. The maximum Gasteiger partial charge on any atom is 0.322 e. The van der Waals surface area contributed by atoms with Gasteiger partial charge in [-0.3, -0.25) is 14.9 Å². The third-order valence-corrected chi connectivity index (χ3v) is 7.81. The van der Waals surface area contributed by atoms with Gasteiger partial charge in [-0.1, -0.05) is 24.0 Å². The fourth-order valence-electron chi connectivity index (χ4n) is 3.98. The lowest BCUT2D eigenvalue weighted by molar-refractivity contribution is -0.122. The Morgan fingerprint density at radius 3 is 2.56 bits per heavy atom. The summed E-state index contributed by atoms with van der Waals surface area (Å²) in [7, 11) is -3.76. The first-order valence-electron chi connectivity index (χ1n) is 10.4. The minimum atomic E-state index is -3.76. The van der Waals surface area contributed by atoms with Crippen molar-refractivity contribution in [2.24, 2.45) is 0 Å². The second kappa shape index (κ2) is 8.41. The quantitative estimate of drug-likeness (QED) is 0.512. The molecular weight excluding hydrogens is 432 g/mol. The number of imide groups is 1. The number of urea groups is 1. The van der Waals surface area contributed by atoms with E-state index in [-0.39, 0.29) is 19.0 Å². The van der Waals surface area contributed by atoms with E-state index in [1.165, 1.54) is 11.2 Å². The van der Waals surface area contributed by atoms with E-state index >= 15 is 0 Å². The van der Waals surface area contributed by atoms with Gasteiger partial charge in [0.05, 0.1) is 5.75 Å². The van der Waals surface area contributed by atoms with Crippen LogP contribution in [-0.4, -0.2) is 61.5 Å². The number of amides is 4. The van der Waals surface area contributed by atoms with Crippen molar-refractivity contribution in [1.82, 2.24) is 14.9 Å². The topological polar surface area (TPSA) is 116 Å². The average molecular weight is 457 g/mol. The summed E-state index contributed by atoms with van der Waals surface area (Å²) in [5.74, 6) is 5.16. The van der Waals surface area contributed by atoms with Gasteiger partial charge in [-0.05, 0) is 38.0 Å². The van der Waals surface area contributed by atoms with Gasteiger partial charge in [0.2, 0.25) is 15.9 Å². The predicted molar refractivity (Wildman–Crippen MR) is 118 cm³/mol. The maximum absolute atomic E-state index is 12.8. The lowest BCUT2D eigenvalue weighted by Crippen LogP contribution is -2.52. The SMILES string of the molecule is CC1(CS(=O)(=O)N2CC=C(C#Cc3cccc(N4CCCC4=O)c3)CC2)NC(=O)NC1=O. The normalized spacial score (nSPS) is 24.0. The number of rotatable bonds is 4. The monoisotopic (exact) mass is 456 g/mol. The summed E-state index contributed by atoms with van der Waals surface area (Å²) in [6.07, 6.45) is 3.64. The molecule has 10 heteroatoms. The minimum absolute atomic E-state index is 0.120. The molecule has 2 N–H and O–H groups in total. The Morgan fingerprint density at radius 2 is 1.94 bits per heavy atom. The van der Waals surface area contributed by atoms with Crippen LogP contribution in [0.2, 0.25) is 0 Å². The predicted octanol–water partition coefficient (Wildman–Crippen LogP) is 0.725. The summed E-state index contributed by atoms with van der Waals surface area (Å²) in [5.41, 5.74) is 0.971. The number of carbonyl (C=O) groups excluding carboxylic acids is 3. The molecule has 1 unspecified atom stereocenters. The Morgan fingerprint density at radius 1 is 1.12 bits per heavy atom. The van der Waals surface area contributed by atoms with Crippen LogP contribution in [0.5, 0.6) is 0 Å². The van der Waals surface area contributed by atoms with E-state index in [1.54, 1.807) is 11.0 Å². The number of anilines is 1. The molecule has 4 amide bonds. The molecule has 0 aromatic heterocycles. The lowest BCUT2D eigenvalue weighted by atomic mass is 10.1. The zero-order chi connectivity index (χ0) is 22.9. The molecule has 0 radical (unpaired) electrons. The van der Waals surface area contributed by atoms with Crippen LogP contribution in [0.3, 0.4) is 0 Å². The van der Waals surface area contributed by atoms with Crippen LogP contribution < -0.4 is 15.5 Å². The second-order valence-corrected chi connectivity index (χ2v) is 10.3. The van der Waals surface area contributed by atoms with E-state index in [0.717, 1.165) is 29.8 Å². The third-order valence-electron chi connectivity index (χ3n) is 5.75. The first-order chi connectivity index (χ1) is 15.2. The van der Waals surface area contributed by atoms with Gasteiger partial charge in [-0.2, -0.15) is 4.31 Å². The molecule has 0 saturated carbocycles. The number of nitrogens with zero attached hydrogens (tertiary/aromatic N) is 2. The largest absolute Gasteiger partial charge is 0.322 e. The Hall–Kier alpha value is -3.16. The van der Waals surface area contributed by atoms with Crippen LogP contribution in [0.25, 0.3) is 0 Å². The molecule has 0 aliphatic carbocycles. The molecule has 2 fully saturated rings. The molecular formula is C22H24N4O5S. The van der Waals surface area contributed by atoms with Crippen LogP contribution in [0, 0.1) is 11.8 Å². The number of hydrogen-bond acceptors (Lipinski definition) is 5. The van der Waals surface area contributed by atoms with Crippen LogP contribution in [0.15, 0.2) is 35.9 Å². The highest BCUT2D eigenvalue weighted by molar-refractivity contribution is 7.89. The van der Waals surface area contributed by atoms with Gasteiger partial charge >= 0.3 is 6.03 Å². The minimum Gasteiger partial charge on any atom is -0.322 e. The van der Waals surface area contributed by atoms with Crippen molar-refractivity contribution < 1.29 is 22.8 Å². The van der Waals surface area contributed by atoms with Crippen molar-refractivity contribution in [2.75, 3.05) is 30.3 Å². The molecule has 4 rings (SSSR count). The van der Waals surface area contributed by atoms with Crippen molar-refractivity contribution >= 4 is 33.6 Å². The van der Waals surface area contributed by atoms with Crippen molar-refractivity contribution in [3.63, 3.8) is 0 Å². The maximum atomic E-state index is 12.8. The summed E-state index contributed by atoms with van der Waals surface area (Å²) in [4.78, 5) is 37.0. The zero-order valence-corrected chi connectivity index (χ0v) is 18.5. The molecule has 3 heterocycles. The van der Waals surface area contributed by atoms with Gasteiger partial charge in [-0.15, -0.1) is 0 Å². The fraction of sp³-hybridized carbons (Fsp3) is 0.409. The smallest absolute Gasteiger partial charge is 0.322 e. The van der Waals surface area contributed by atoms with E-state index in [0.29, 0.717) is 12.8 Å². The average Bonchev–Trinajstić information content (AvgIpc) is 3.28. The standard InChI is InChI=1S/C22H24N4O5S/c1-22(20(28)23-21(29)24-22)15-32(30,31)25-12-9-16(10-13-25)7-8-17-4-2-5-18(14-17)26-11-3-6-19(26)27/h2,4-5,9,14H,3,6,10-13,15H2,1H3,(H2,23,24,28,29). The van der Waals surface area contributed by atoms with E-state index in [4.69, 9.17) is 0 Å². The molecule has 168 valence electrons. The molecule has 2 saturated heterocycles. The summed E-state index contributed by atoms with van der Waals surface area (Å²) in [6.45, 7) is 2.51. The van der Waals surface area contributed by atoms with Crippen LogP contribution in [0.1, 0.15) is 31.7 Å². The van der Waals surface area contributed by atoms with E-state index in [1.807, 2.05) is 24.3 Å². The first kappa shape index (κ1) is 22.0. The van der Waals surface area contributed by atoms with Gasteiger partial charge in [0, 0.05) is 42.9 Å². The van der Waals surface area contributed by atoms with Gasteiger partial charge < -0.3 is 10.2 Å². The number of hydrogen-bond donors (Lipinski definition) is 2. The molecule has 1 aromatic carbocycles. The van der Waals surface area contributed by atoms with E-state index in [9.17, 15) is 22.8 Å². The fourth-order valence-corrected chi connectivity index (χ4v) is 5.77. The molecule has 0 bridgehead atoms. The van der Waals surface area contributed by atoms with Crippen LogP contribution >= 0.6 is 0 Å². The first-order valence-corrected chi connectivity index (χ1v) is 12.0. The highest BCUT2D eigenvalue weighted by Gasteiger charge is 2.46. The summed E-state index contributed by atoms with van der Waals surface area (Å²) >= 11 is 0. The van der Waals surface area contributed by atoms with Gasteiger partial charge in [-0.25, -0.2) is 13.2 Å². The number of sulfonamides is 1. The Balaban J connectivity index is 1.41. The molecule has 3 aliphatic rings. The van der Waals surface area contributed by atoms with Gasteiger partial charge in [0.1, 0.15) is 5.54 Å². The van der Waals surface area contributed by atoms with Crippen molar-refractivity contribution in [1.29, 1.82) is 0 Å². The van der Waals surface area contributed by atoms with Crippen LogP contribution in [-0.2, 0) is 19.6 Å². The third kappa shape index (κ3) is 4.54. The van der Waals surface area contributed by atoms with Crippen molar-refractivity contribution in [3.05, 3.63) is 41.5 Å². The summed E-state index contributed by atoms with van der Waals surface area (Å²) < 4.78 is 26.8. The summed E-state index contributed by atoms with van der Waals surface area (Å²) in [6, 6.07) is 6.83. The molecule has 32 heavy (non-hydrogen) atoms. The van der Waals surface area contributed by atoms with Gasteiger partial charge in [0.15, 0.2) is 0 Å². The second-order valence-electron chi connectivity index (χ2n) is 8.28. The van der Waals surface area contributed by atoms with Gasteiger partial charge in [0.25, 0.3) is 5.91 Å². The molecule has 0 spiro atoms. The van der Waals surface area contributed by atoms with Crippen molar-refractivity contribution in [3.8, 4) is 11.8 Å². The van der Waals surface area contributed by atoms with Crippen LogP contribution in [0.4, 0.5) is 10.5 Å². The Bertz CT molecular complexity index is 1180. The molecule has 9 nitrogen and oxygen atoms in total. The lowest BCUT2D eigenvalue weighted by Gasteiger charge is -2.28.